The van der Waals surface area contributed by atoms with Crippen LogP contribution in [-0.4, -0.2) is 29.8 Å². The predicted octanol–water partition coefficient (Wildman–Crippen LogP) is 3.17. The fraction of sp³-hybridized carbons (Fsp3) is 0.222. The van der Waals surface area contributed by atoms with Gasteiger partial charge in [-0.1, -0.05) is 12.1 Å². The second-order valence-corrected chi connectivity index (χ2v) is 5.34. The van der Waals surface area contributed by atoms with E-state index >= 15 is 0 Å². The molecular formula is C18H18N2O5. The first kappa shape index (κ1) is 16.8. The number of methoxy groups -OCH3 is 1. The smallest absolute Gasteiger partial charge is 0.243 e. The number of nitrogens with zero attached hydrogens (tertiary/aromatic N) is 1. The number of para-hydroxylation sites is 2. The molecule has 2 N–H and O–H groups in total. The fourth-order valence-corrected chi connectivity index (χ4v) is 2.39. The first-order valence-corrected chi connectivity index (χ1v) is 7.81. The Balaban J connectivity index is 1.74. The molecule has 3 aromatic rings. The van der Waals surface area contributed by atoms with Crippen molar-refractivity contribution in [2.24, 2.45) is 0 Å². The molecule has 1 amide bonds. The number of carbonyl (C=O) groups excluding carboxylic acids is 1. The van der Waals surface area contributed by atoms with Crippen molar-refractivity contribution in [3.05, 3.63) is 42.5 Å². The summed E-state index contributed by atoms with van der Waals surface area (Å²) in [4.78, 5) is 15.4. The highest BCUT2D eigenvalue weighted by molar-refractivity contribution is 5.76. The molecule has 2 aromatic carbocycles. The van der Waals surface area contributed by atoms with Gasteiger partial charge < -0.3 is 13.9 Å². The lowest BCUT2D eigenvalue weighted by Gasteiger charge is -2.11. The van der Waals surface area contributed by atoms with Crippen molar-refractivity contribution in [2.75, 3.05) is 13.7 Å². The third-order valence-electron chi connectivity index (χ3n) is 3.63. The van der Waals surface area contributed by atoms with Gasteiger partial charge in [0.25, 0.3) is 0 Å². The van der Waals surface area contributed by atoms with Gasteiger partial charge in [-0.3, -0.25) is 10.0 Å². The van der Waals surface area contributed by atoms with Gasteiger partial charge in [0.05, 0.1) is 13.7 Å². The van der Waals surface area contributed by atoms with Gasteiger partial charge in [-0.2, -0.15) is 0 Å². The summed E-state index contributed by atoms with van der Waals surface area (Å²) in [5.41, 5.74) is 3.88. The van der Waals surface area contributed by atoms with Crippen molar-refractivity contribution in [1.29, 1.82) is 0 Å². The molecule has 0 aliphatic carbocycles. The normalized spacial score (nSPS) is 10.6. The summed E-state index contributed by atoms with van der Waals surface area (Å²) in [7, 11) is 1.55. The molecule has 25 heavy (non-hydrogen) atoms. The first-order valence-electron chi connectivity index (χ1n) is 7.81. The monoisotopic (exact) mass is 342 g/mol. The first-order chi connectivity index (χ1) is 12.2. The number of oxazole rings is 1. The Morgan fingerprint density at radius 3 is 2.84 bits per heavy atom. The number of aromatic nitrogens is 1. The molecule has 1 heterocycles. The average molecular weight is 342 g/mol. The molecule has 7 heteroatoms. The molecule has 0 saturated carbocycles. The molecule has 0 aliphatic heterocycles. The maximum atomic E-state index is 11.0. The summed E-state index contributed by atoms with van der Waals surface area (Å²) in [6.07, 6.45) is 0.655. The van der Waals surface area contributed by atoms with Crippen LogP contribution in [0, 0.1) is 0 Å². The van der Waals surface area contributed by atoms with Crippen LogP contribution in [0.15, 0.2) is 46.9 Å². The molecule has 7 nitrogen and oxygen atoms in total. The van der Waals surface area contributed by atoms with Crippen LogP contribution in [0.4, 0.5) is 0 Å². The lowest BCUT2D eigenvalue weighted by atomic mass is 10.2. The Hall–Kier alpha value is -3.06. The molecule has 130 valence electrons. The molecule has 0 aliphatic rings. The van der Waals surface area contributed by atoms with Crippen LogP contribution in [0.25, 0.3) is 22.6 Å². The summed E-state index contributed by atoms with van der Waals surface area (Å²) in [5.74, 6) is 1.17. The molecule has 0 unspecified atom stereocenters. The fourth-order valence-electron chi connectivity index (χ4n) is 2.39. The number of hydrogen-bond donors (Lipinski definition) is 2. The van der Waals surface area contributed by atoms with Gasteiger partial charge in [-0.05, 0) is 36.8 Å². The lowest BCUT2D eigenvalue weighted by Crippen LogP contribution is -2.18. The van der Waals surface area contributed by atoms with Crippen LogP contribution in [0.1, 0.15) is 12.8 Å². The summed E-state index contributed by atoms with van der Waals surface area (Å²) < 4.78 is 16.8. The van der Waals surface area contributed by atoms with Gasteiger partial charge in [0.2, 0.25) is 11.8 Å². The summed E-state index contributed by atoms with van der Waals surface area (Å²) in [6, 6.07) is 13.0. The molecule has 0 bridgehead atoms. The van der Waals surface area contributed by atoms with Crippen molar-refractivity contribution < 1.29 is 23.9 Å². The Kier molecular flexibility index (Phi) is 5.15. The van der Waals surface area contributed by atoms with E-state index in [-0.39, 0.29) is 6.42 Å². The van der Waals surface area contributed by atoms with Gasteiger partial charge in [0.1, 0.15) is 5.52 Å². The Labute approximate surface area is 144 Å². The van der Waals surface area contributed by atoms with Gasteiger partial charge in [0, 0.05) is 12.0 Å². The van der Waals surface area contributed by atoms with Gasteiger partial charge in [-0.25, -0.2) is 10.5 Å². The molecule has 0 radical (unpaired) electrons. The molecule has 3 rings (SSSR count). The number of nitrogens with one attached hydrogen (secondary N) is 1. The molecular weight excluding hydrogens is 324 g/mol. The van der Waals surface area contributed by atoms with Crippen molar-refractivity contribution >= 4 is 17.0 Å². The molecule has 1 aromatic heterocycles. The zero-order valence-electron chi connectivity index (χ0n) is 13.7. The zero-order valence-corrected chi connectivity index (χ0v) is 13.7. The quantitative estimate of drug-likeness (QED) is 0.389. The standard InChI is InChI=1S/C18H18N2O5/c1-23-16-11-12(18-19-13-5-2-3-6-14(13)25-18)8-9-15(16)24-10-4-7-17(21)20-22/h2-3,5-6,8-9,11,22H,4,7,10H2,1H3,(H,20,21). The van der Waals surface area contributed by atoms with Crippen LogP contribution in [-0.2, 0) is 4.79 Å². The predicted molar refractivity (Wildman–Crippen MR) is 90.7 cm³/mol. The minimum atomic E-state index is -0.443. The number of fused-ring (bicyclic) bond motifs is 1. The van der Waals surface area contributed by atoms with Crippen LogP contribution in [0.5, 0.6) is 11.5 Å². The highest BCUT2D eigenvalue weighted by atomic mass is 16.5. The Bertz CT molecular complexity index is 842. The summed E-state index contributed by atoms with van der Waals surface area (Å²) >= 11 is 0. The van der Waals surface area contributed by atoms with Crippen LogP contribution in [0.3, 0.4) is 0 Å². The maximum absolute atomic E-state index is 11.0. The van der Waals surface area contributed by atoms with Crippen LogP contribution >= 0.6 is 0 Å². The topological polar surface area (TPSA) is 93.8 Å². The van der Waals surface area contributed by atoms with Crippen molar-refractivity contribution in [3.8, 4) is 23.0 Å². The summed E-state index contributed by atoms with van der Waals surface area (Å²) in [5, 5.41) is 8.45. The van der Waals surface area contributed by atoms with E-state index in [2.05, 4.69) is 4.98 Å². The molecule has 0 fully saturated rings. The number of hydrogen-bond acceptors (Lipinski definition) is 6. The lowest BCUT2D eigenvalue weighted by molar-refractivity contribution is -0.129. The van der Waals surface area contributed by atoms with Crippen molar-refractivity contribution in [1.82, 2.24) is 10.5 Å². The minimum absolute atomic E-state index is 0.180. The average Bonchev–Trinajstić information content (AvgIpc) is 3.09. The van der Waals surface area contributed by atoms with Gasteiger partial charge in [-0.15, -0.1) is 0 Å². The summed E-state index contributed by atoms with van der Waals surface area (Å²) in [6.45, 7) is 0.325. The van der Waals surface area contributed by atoms with E-state index in [1.54, 1.807) is 24.7 Å². The van der Waals surface area contributed by atoms with E-state index < -0.39 is 5.91 Å². The number of carbonyl (C=O) groups is 1. The largest absolute Gasteiger partial charge is 0.493 e. The number of hydroxylamine groups is 1. The van der Waals surface area contributed by atoms with Crippen LogP contribution in [0.2, 0.25) is 0 Å². The molecule has 0 saturated heterocycles. The highest BCUT2D eigenvalue weighted by Gasteiger charge is 2.12. The number of amides is 1. The van der Waals surface area contributed by atoms with E-state index in [1.807, 2.05) is 30.3 Å². The van der Waals surface area contributed by atoms with Gasteiger partial charge in [0.15, 0.2) is 17.1 Å². The van der Waals surface area contributed by atoms with Crippen LogP contribution < -0.4 is 15.0 Å². The number of ether oxygens (including phenoxy) is 2. The van der Waals surface area contributed by atoms with E-state index in [4.69, 9.17) is 19.1 Å². The second-order valence-electron chi connectivity index (χ2n) is 5.34. The zero-order chi connectivity index (χ0) is 17.6. The van der Waals surface area contributed by atoms with Crippen molar-refractivity contribution in [2.45, 2.75) is 12.8 Å². The third kappa shape index (κ3) is 3.89. The maximum Gasteiger partial charge on any atom is 0.243 e. The van der Waals surface area contributed by atoms with E-state index in [0.717, 1.165) is 16.7 Å². The third-order valence-corrected chi connectivity index (χ3v) is 3.63. The minimum Gasteiger partial charge on any atom is -0.493 e. The number of rotatable bonds is 7. The van der Waals surface area contributed by atoms with E-state index in [1.165, 1.54) is 0 Å². The van der Waals surface area contributed by atoms with E-state index in [0.29, 0.717) is 30.4 Å². The molecule has 0 atom stereocenters. The Morgan fingerprint density at radius 1 is 1.24 bits per heavy atom. The highest BCUT2D eigenvalue weighted by Crippen LogP contribution is 2.33. The molecule has 0 spiro atoms. The van der Waals surface area contributed by atoms with E-state index in [9.17, 15) is 4.79 Å². The second kappa shape index (κ2) is 7.67. The van der Waals surface area contributed by atoms with Gasteiger partial charge >= 0.3 is 0 Å². The Morgan fingerprint density at radius 2 is 2.08 bits per heavy atom. The van der Waals surface area contributed by atoms with Crippen molar-refractivity contribution in [3.63, 3.8) is 0 Å². The SMILES string of the molecule is COc1cc(-c2nc3ccccc3o2)ccc1OCCCC(=O)NO. The number of benzene rings is 2.